The molecule has 0 aliphatic carbocycles. The zero-order valence-electron chi connectivity index (χ0n) is 7.09. The highest BCUT2D eigenvalue weighted by Gasteiger charge is 2.48. The highest BCUT2D eigenvalue weighted by molar-refractivity contribution is 5.79. The molecule has 0 unspecified atom stereocenters. The first-order chi connectivity index (χ1) is 5.04. The molecule has 0 spiro atoms. The van der Waals surface area contributed by atoms with Gasteiger partial charge in [-0.1, -0.05) is 13.8 Å². The molecule has 1 heterocycles. The van der Waals surface area contributed by atoms with Gasteiger partial charge in [-0.25, -0.2) is 9.18 Å². The van der Waals surface area contributed by atoms with Gasteiger partial charge in [-0.2, -0.15) is 0 Å². The molecule has 0 radical (unpaired) electrons. The van der Waals surface area contributed by atoms with Crippen LogP contribution in [0.4, 0.5) is 4.39 Å². The van der Waals surface area contributed by atoms with Crippen molar-refractivity contribution in [3.8, 4) is 0 Å². The Labute approximate surface area is 65.8 Å². The predicted octanol–water partition coefficient (Wildman–Crippen LogP) is 0.751. The number of alkyl halides is 1. The highest BCUT2D eigenvalue weighted by Crippen LogP contribution is 2.23. The molecule has 0 amide bonds. The van der Waals surface area contributed by atoms with E-state index < -0.39 is 11.6 Å². The largest absolute Gasteiger partial charge is 0.479 e. The number of carboxylic acids is 1. The summed E-state index contributed by atoms with van der Waals surface area (Å²) in [6.45, 7) is 4.03. The number of aliphatic carboxylic acids is 1. The Morgan fingerprint density at radius 2 is 1.91 bits per heavy atom. The fraction of sp³-hybridized carbons (Fsp3) is 0.857. The van der Waals surface area contributed by atoms with Gasteiger partial charge in [0, 0.05) is 13.1 Å². The first-order valence-corrected chi connectivity index (χ1v) is 3.65. The van der Waals surface area contributed by atoms with Crippen LogP contribution in [0.1, 0.15) is 13.8 Å². The van der Waals surface area contributed by atoms with Gasteiger partial charge in [0.1, 0.15) is 0 Å². The van der Waals surface area contributed by atoms with E-state index in [0.29, 0.717) is 0 Å². The van der Waals surface area contributed by atoms with Gasteiger partial charge in [0.25, 0.3) is 0 Å². The van der Waals surface area contributed by atoms with Gasteiger partial charge in [-0.15, -0.1) is 0 Å². The maximum Gasteiger partial charge on any atom is 0.344 e. The molecular formula is C7H14FNO2. The molecule has 3 nitrogen and oxygen atoms in total. The molecule has 1 fully saturated rings. The summed E-state index contributed by atoms with van der Waals surface area (Å²) in [5, 5.41) is 8.21. The fourth-order valence-electron chi connectivity index (χ4n) is 0.945. The van der Waals surface area contributed by atoms with Crippen LogP contribution < -0.4 is 0 Å². The summed E-state index contributed by atoms with van der Waals surface area (Å²) < 4.78 is 12.6. The van der Waals surface area contributed by atoms with Gasteiger partial charge >= 0.3 is 5.97 Å². The second kappa shape index (κ2) is 3.67. The summed E-state index contributed by atoms with van der Waals surface area (Å²) in [6.07, 6.45) is 0. The molecule has 66 valence electrons. The monoisotopic (exact) mass is 163 g/mol. The molecule has 1 aliphatic rings. The van der Waals surface area contributed by atoms with Crippen molar-refractivity contribution in [3.63, 3.8) is 0 Å². The summed E-state index contributed by atoms with van der Waals surface area (Å²) in [7, 11) is 1.68. The molecule has 0 atom stereocenters. The third kappa shape index (κ3) is 2.15. The van der Waals surface area contributed by atoms with Crippen molar-refractivity contribution in [2.75, 3.05) is 20.1 Å². The van der Waals surface area contributed by atoms with Crippen molar-refractivity contribution >= 4 is 5.97 Å². The zero-order valence-corrected chi connectivity index (χ0v) is 7.09. The second-order valence-electron chi connectivity index (χ2n) is 2.44. The Morgan fingerprint density at radius 3 is 2.00 bits per heavy atom. The minimum atomic E-state index is -1.96. The van der Waals surface area contributed by atoms with Gasteiger partial charge in [0.2, 0.25) is 5.67 Å². The van der Waals surface area contributed by atoms with Crippen LogP contribution in [0.25, 0.3) is 0 Å². The van der Waals surface area contributed by atoms with Gasteiger partial charge in [0.05, 0.1) is 0 Å². The van der Waals surface area contributed by atoms with E-state index >= 15 is 0 Å². The molecule has 1 aliphatic heterocycles. The van der Waals surface area contributed by atoms with Crippen molar-refractivity contribution in [1.29, 1.82) is 0 Å². The summed E-state index contributed by atoms with van der Waals surface area (Å²) >= 11 is 0. The van der Waals surface area contributed by atoms with Crippen LogP contribution >= 0.6 is 0 Å². The average molecular weight is 163 g/mol. The second-order valence-corrected chi connectivity index (χ2v) is 2.44. The molecule has 11 heavy (non-hydrogen) atoms. The fourth-order valence-corrected chi connectivity index (χ4v) is 0.945. The van der Waals surface area contributed by atoms with Crippen LogP contribution in [0, 0.1) is 0 Å². The Balaban J connectivity index is 0.000000461. The van der Waals surface area contributed by atoms with E-state index in [1.165, 1.54) is 0 Å². The molecule has 1 saturated heterocycles. The highest BCUT2D eigenvalue weighted by atomic mass is 19.1. The molecule has 4 heteroatoms. The van der Waals surface area contributed by atoms with Crippen molar-refractivity contribution in [3.05, 3.63) is 0 Å². The Morgan fingerprint density at radius 1 is 1.55 bits per heavy atom. The maximum atomic E-state index is 12.6. The van der Waals surface area contributed by atoms with E-state index in [-0.39, 0.29) is 13.1 Å². The van der Waals surface area contributed by atoms with Crippen molar-refractivity contribution < 1.29 is 14.3 Å². The maximum absolute atomic E-state index is 12.6. The van der Waals surface area contributed by atoms with Gasteiger partial charge in [-0.05, 0) is 7.05 Å². The molecule has 0 bridgehead atoms. The van der Waals surface area contributed by atoms with Crippen molar-refractivity contribution in [1.82, 2.24) is 4.90 Å². The Kier molecular flexibility index (Phi) is 3.45. The summed E-state index contributed by atoms with van der Waals surface area (Å²) in [5.74, 6) is -1.35. The Bertz CT molecular complexity index is 143. The van der Waals surface area contributed by atoms with E-state index in [2.05, 4.69) is 0 Å². The molecule has 1 rings (SSSR count). The molecule has 1 N–H and O–H groups in total. The number of carbonyl (C=O) groups is 1. The number of rotatable bonds is 1. The molecule has 0 saturated carbocycles. The smallest absolute Gasteiger partial charge is 0.344 e. The van der Waals surface area contributed by atoms with Crippen LogP contribution in [-0.4, -0.2) is 41.8 Å². The van der Waals surface area contributed by atoms with E-state index in [1.807, 2.05) is 13.8 Å². The average Bonchev–Trinajstić information content (AvgIpc) is 1.89. The minimum absolute atomic E-state index is 0.0162. The van der Waals surface area contributed by atoms with E-state index in [9.17, 15) is 9.18 Å². The number of carboxylic acid groups (broad SMARTS) is 1. The molecular weight excluding hydrogens is 149 g/mol. The van der Waals surface area contributed by atoms with E-state index in [4.69, 9.17) is 5.11 Å². The third-order valence-corrected chi connectivity index (χ3v) is 1.42. The lowest BCUT2D eigenvalue weighted by Crippen LogP contribution is -2.61. The lowest BCUT2D eigenvalue weighted by Gasteiger charge is -2.38. The van der Waals surface area contributed by atoms with Crippen LogP contribution in [0.2, 0.25) is 0 Å². The minimum Gasteiger partial charge on any atom is -0.479 e. The lowest BCUT2D eigenvalue weighted by atomic mass is 9.98. The van der Waals surface area contributed by atoms with Crippen LogP contribution in [0.3, 0.4) is 0 Å². The van der Waals surface area contributed by atoms with Crippen molar-refractivity contribution in [2.24, 2.45) is 0 Å². The van der Waals surface area contributed by atoms with Gasteiger partial charge < -0.3 is 5.11 Å². The first kappa shape index (κ1) is 10.4. The summed E-state index contributed by atoms with van der Waals surface area (Å²) in [5.41, 5.74) is -1.96. The van der Waals surface area contributed by atoms with E-state index in [0.717, 1.165) is 0 Å². The van der Waals surface area contributed by atoms with Crippen LogP contribution in [0.5, 0.6) is 0 Å². The number of hydrogen-bond acceptors (Lipinski definition) is 2. The Hall–Kier alpha value is -0.640. The molecule has 0 aromatic heterocycles. The summed E-state index contributed by atoms with van der Waals surface area (Å²) in [6, 6.07) is 0. The van der Waals surface area contributed by atoms with Gasteiger partial charge in [0.15, 0.2) is 0 Å². The molecule has 0 aromatic rings. The third-order valence-electron chi connectivity index (χ3n) is 1.42. The van der Waals surface area contributed by atoms with E-state index in [1.54, 1.807) is 11.9 Å². The normalized spacial score (nSPS) is 21.1. The summed E-state index contributed by atoms with van der Waals surface area (Å²) in [4.78, 5) is 11.7. The van der Waals surface area contributed by atoms with Crippen LogP contribution in [0.15, 0.2) is 0 Å². The first-order valence-electron chi connectivity index (χ1n) is 3.65. The standard InChI is InChI=1S/C5H8FNO2.C2H6/c1-7-2-5(6,3-7)4(8)9;1-2/h2-3H2,1H3,(H,8,9);1-2H3. The number of nitrogens with zero attached hydrogens (tertiary/aromatic N) is 1. The topological polar surface area (TPSA) is 40.5 Å². The number of halogens is 1. The predicted molar refractivity (Wildman–Crippen MR) is 40.3 cm³/mol. The van der Waals surface area contributed by atoms with Gasteiger partial charge in [-0.3, -0.25) is 4.90 Å². The lowest BCUT2D eigenvalue weighted by molar-refractivity contribution is -0.162. The molecule has 0 aromatic carbocycles. The van der Waals surface area contributed by atoms with Crippen LogP contribution in [-0.2, 0) is 4.79 Å². The number of likely N-dealkylation sites (tertiary alicyclic amines) is 1. The number of hydrogen-bond donors (Lipinski definition) is 1. The SMILES string of the molecule is CC.CN1CC(F)(C(=O)O)C1. The zero-order chi connectivity index (χ0) is 9.07. The quantitative estimate of drug-likeness (QED) is 0.620. The van der Waals surface area contributed by atoms with Crippen molar-refractivity contribution in [2.45, 2.75) is 19.5 Å².